The van der Waals surface area contributed by atoms with Gasteiger partial charge in [0.15, 0.2) is 0 Å². The first kappa shape index (κ1) is 16.8. The van der Waals surface area contributed by atoms with Crippen molar-refractivity contribution >= 4 is 46.4 Å². The van der Waals surface area contributed by atoms with Crippen molar-refractivity contribution in [1.82, 2.24) is 4.98 Å². The second kappa shape index (κ2) is 7.22. The fourth-order valence-corrected chi connectivity index (χ4v) is 2.84. The van der Waals surface area contributed by atoms with Crippen LogP contribution in [0.1, 0.15) is 10.4 Å². The van der Waals surface area contributed by atoms with Crippen molar-refractivity contribution in [2.45, 2.75) is 0 Å². The van der Waals surface area contributed by atoms with Gasteiger partial charge in [-0.2, -0.15) is 0 Å². The number of hydrogen-bond donors (Lipinski definition) is 1. The third kappa shape index (κ3) is 3.39. The van der Waals surface area contributed by atoms with Crippen molar-refractivity contribution in [2.75, 3.05) is 5.32 Å². The lowest BCUT2D eigenvalue weighted by Crippen LogP contribution is -2.14. The predicted octanol–water partition coefficient (Wildman–Crippen LogP) is 5.96. The third-order valence-corrected chi connectivity index (χ3v) is 4.53. The molecule has 0 radical (unpaired) electrons. The van der Waals surface area contributed by atoms with E-state index in [2.05, 4.69) is 10.3 Å². The number of carbonyl (C=O) groups is 1. The van der Waals surface area contributed by atoms with Gasteiger partial charge in [-0.1, -0.05) is 71.2 Å². The maximum absolute atomic E-state index is 12.5. The average molecular weight is 378 g/mol. The lowest BCUT2D eigenvalue weighted by molar-refractivity contribution is 0.102. The molecular weight excluding hydrogens is 367 g/mol. The van der Waals surface area contributed by atoms with Gasteiger partial charge in [0.2, 0.25) is 0 Å². The van der Waals surface area contributed by atoms with E-state index < -0.39 is 5.91 Å². The van der Waals surface area contributed by atoms with Crippen molar-refractivity contribution in [2.24, 2.45) is 0 Å². The molecule has 6 heteroatoms. The second-order valence-electron chi connectivity index (χ2n) is 4.95. The molecule has 0 saturated heterocycles. The summed E-state index contributed by atoms with van der Waals surface area (Å²) in [5, 5.41) is 3.54. The van der Waals surface area contributed by atoms with Gasteiger partial charge in [0, 0.05) is 11.8 Å². The van der Waals surface area contributed by atoms with Crippen LogP contribution in [0.2, 0.25) is 15.2 Å². The Bertz CT molecular complexity index is 898. The average Bonchev–Trinajstić information content (AvgIpc) is 2.60. The maximum Gasteiger partial charge on any atom is 0.258 e. The number of halogens is 3. The number of nitrogens with zero attached hydrogens (tertiary/aromatic N) is 1. The van der Waals surface area contributed by atoms with Crippen LogP contribution in [0, 0.1) is 0 Å². The molecule has 1 heterocycles. The van der Waals surface area contributed by atoms with Crippen LogP contribution in [0.15, 0.2) is 60.8 Å². The highest BCUT2D eigenvalue weighted by molar-refractivity contribution is 6.44. The Morgan fingerprint density at radius 3 is 2.38 bits per heavy atom. The number of benzene rings is 2. The number of carbonyl (C=O) groups excluding carboxylic acids is 1. The third-order valence-electron chi connectivity index (χ3n) is 3.42. The van der Waals surface area contributed by atoms with Gasteiger partial charge in [-0.05, 0) is 23.8 Å². The Kier molecular flexibility index (Phi) is 5.05. The smallest absolute Gasteiger partial charge is 0.258 e. The Labute approximate surface area is 154 Å². The number of nitrogens with one attached hydrogen (secondary N) is 1. The molecule has 0 unspecified atom stereocenters. The summed E-state index contributed by atoms with van der Waals surface area (Å²) in [6, 6.07) is 16.3. The van der Waals surface area contributed by atoms with E-state index in [1.165, 1.54) is 6.20 Å². The van der Waals surface area contributed by atoms with E-state index in [1.807, 2.05) is 36.4 Å². The summed E-state index contributed by atoms with van der Waals surface area (Å²) in [5.74, 6) is -0.408. The quantitative estimate of drug-likeness (QED) is 0.572. The molecule has 0 saturated carbocycles. The summed E-state index contributed by atoms with van der Waals surface area (Å²) in [6.45, 7) is 0. The highest BCUT2D eigenvalue weighted by atomic mass is 35.5. The highest BCUT2D eigenvalue weighted by Gasteiger charge is 2.17. The molecule has 24 heavy (non-hydrogen) atoms. The molecule has 0 atom stereocenters. The SMILES string of the molecule is O=C(Nc1c(-c2ccccc2)ccc(Cl)c1Cl)c1cccnc1Cl. The molecule has 3 rings (SSSR count). The maximum atomic E-state index is 12.5. The van der Waals surface area contributed by atoms with Gasteiger partial charge in [-0.25, -0.2) is 4.98 Å². The number of amides is 1. The molecule has 0 aliphatic heterocycles. The minimum atomic E-state index is -0.408. The predicted molar refractivity (Wildman–Crippen MR) is 99.1 cm³/mol. The van der Waals surface area contributed by atoms with E-state index >= 15 is 0 Å². The van der Waals surface area contributed by atoms with Crippen LogP contribution in [0.25, 0.3) is 11.1 Å². The van der Waals surface area contributed by atoms with E-state index in [1.54, 1.807) is 18.2 Å². The van der Waals surface area contributed by atoms with Gasteiger partial charge in [-0.3, -0.25) is 4.79 Å². The fourth-order valence-electron chi connectivity index (χ4n) is 2.27. The van der Waals surface area contributed by atoms with Crippen molar-refractivity contribution in [3.63, 3.8) is 0 Å². The zero-order valence-electron chi connectivity index (χ0n) is 12.3. The lowest BCUT2D eigenvalue weighted by Gasteiger charge is -2.14. The van der Waals surface area contributed by atoms with Crippen LogP contribution in [-0.2, 0) is 0 Å². The first-order valence-electron chi connectivity index (χ1n) is 7.03. The van der Waals surface area contributed by atoms with E-state index in [9.17, 15) is 4.79 Å². The zero-order valence-corrected chi connectivity index (χ0v) is 14.5. The topological polar surface area (TPSA) is 42.0 Å². The van der Waals surface area contributed by atoms with Gasteiger partial charge in [-0.15, -0.1) is 0 Å². The standard InChI is InChI=1S/C18H11Cl3N2O/c19-14-9-8-12(11-5-2-1-3-6-11)16(15(14)20)23-18(24)13-7-4-10-22-17(13)21/h1-10H,(H,23,24). The van der Waals surface area contributed by atoms with Crippen LogP contribution in [-0.4, -0.2) is 10.9 Å². The molecule has 1 aromatic heterocycles. The highest BCUT2D eigenvalue weighted by Crippen LogP contribution is 2.39. The Morgan fingerprint density at radius 2 is 1.67 bits per heavy atom. The summed E-state index contributed by atoms with van der Waals surface area (Å²) in [5.41, 5.74) is 2.36. The number of hydrogen-bond acceptors (Lipinski definition) is 2. The van der Waals surface area contributed by atoms with Gasteiger partial charge in [0.25, 0.3) is 5.91 Å². The van der Waals surface area contributed by atoms with Crippen LogP contribution < -0.4 is 5.32 Å². The lowest BCUT2D eigenvalue weighted by atomic mass is 10.0. The first-order valence-corrected chi connectivity index (χ1v) is 8.16. The molecule has 120 valence electrons. The van der Waals surface area contributed by atoms with Crippen molar-refractivity contribution in [3.8, 4) is 11.1 Å². The van der Waals surface area contributed by atoms with Gasteiger partial charge >= 0.3 is 0 Å². The normalized spacial score (nSPS) is 10.5. The monoisotopic (exact) mass is 376 g/mol. The van der Waals surface area contributed by atoms with E-state index in [0.717, 1.165) is 11.1 Å². The van der Waals surface area contributed by atoms with Crippen LogP contribution in [0.5, 0.6) is 0 Å². The van der Waals surface area contributed by atoms with Crippen molar-refractivity contribution in [1.29, 1.82) is 0 Å². The molecule has 1 N–H and O–H groups in total. The summed E-state index contributed by atoms with van der Waals surface area (Å²) in [6.07, 6.45) is 1.51. The minimum absolute atomic E-state index is 0.120. The molecule has 0 spiro atoms. The number of anilines is 1. The largest absolute Gasteiger partial charge is 0.320 e. The molecule has 0 bridgehead atoms. The van der Waals surface area contributed by atoms with E-state index in [-0.39, 0.29) is 15.7 Å². The van der Waals surface area contributed by atoms with Gasteiger partial charge in [0.1, 0.15) is 5.15 Å². The number of rotatable bonds is 3. The van der Waals surface area contributed by atoms with E-state index in [0.29, 0.717) is 10.7 Å². The zero-order chi connectivity index (χ0) is 17.1. The molecule has 3 nitrogen and oxygen atoms in total. The van der Waals surface area contributed by atoms with Crippen LogP contribution >= 0.6 is 34.8 Å². The van der Waals surface area contributed by atoms with Crippen molar-refractivity contribution < 1.29 is 4.79 Å². The molecular formula is C18H11Cl3N2O. The molecule has 1 amide bonds. The minimum Gasteiger partial charge on any atom is -0.320 e. The second-order valence-corrected chi connectivity index (χ2v) is 6.09. The molecule has 2 aromatic carbocycles. The summed E-state index contributed by atoms with van der Waals surface area (Å²) < 4.78 is 0. The molecule has 0 aliphatic rings. The van der Waals surface area contributed by atoms with Gasteiger partial charge < -0.3 is 5.32 Å². The summed E-state index contributed by atoms with van der Waals surface area (Å²) in [4.78, 5) is 16.5. The van der Waals surface area contributed by atoms with Crippen molar-refractivity contribution in [3.05, 3.63) is 81.6 Å². The molecule has 3 aromatic rings. The Morgan fingerprint density at radius 1 is 0.917 bits per heavy atom. The number of pyridine rings is 1. The summed E-state index contributed by atoms with van der Waals surface area (Å²) >= 11 is 18.4. The summed E-state index contributed by atoms with van der Waals surface area (Å²) in [7, 11) is 0. The van der Waals surface area contributed by atoms with Crippen LogP contribution in [0.3, 0.4) is 0 Å². The first-order chi connectivity index (χ1) is 11.6. The fraction of sp³-hybridized carbons (Fsp3) is 0. The Balaban J connectivity index is 2.06. The number of aromatic nitrogens is 1. The Hall–Kier alpha value is -2.07. The van der Waals surface area contributed by atoms with E-state index in [4.69, 9.17) is 34.8 Å². The molecule has 0 aliphatic carbocycles. The van der Waals surface area contributed by atoms with Gasteiger partial charge in [0.05, 0.1) is 21.3 Å². The molecule has 0 fully saturated rings. The van der Waals surface area contributed by atoms with Crippen LogP contribution in [0.4, 0.5) is 5.69 Å².